The summed E-state index contributed by atoms with van der Waals surface area (Å²) >= 11 is 0. The van der Waals surface area contributed by atoms with Crippen LogP contribution in [0.4, 0.5) is 40.0 Å². The summed E-state index contributed by atoms with van der Waals surface area (Å²) in [5.41, 5.74) is 2.82. The first-order chi connectivity index (χ1) is 19.9. The van der Waals surface area contributed by atoms with Crippen molar-refractivity contribution in [1.29, 1.82) is 0 Å². The lowest BCUT2D eigenvalue weighted by atomic mass is 9.99. The van der Waals surface area contributed by atoms with Crippen LogP contribution in [-0.4, -0.2) is 53.3 Å². The highest BCUT2D eigenvalue weighted by Gasteiger charge is 2.40. The van der Waals surface area contributed by atoms with Gasteiger partial charge in [-0.1, -0.05) is 18.2 Å². The first-order valence-corrected chi connectivity index (χ1v) is 14.0. The summed E-state index contributed by atoms with van der Waals surface area (Å²) in [6.07, 6.45) is -3.43. The number of pyridine rings is 1. The quantitative estimate of drug-likeness (QED) is 0.366. The second kappa shape index (κ2) is 10.2. The van der Waals surface area contributed by atoms with Gasteiger partial charge in [0.1, 0.15) is 5.60 Å². The fourth-order valence-corrected chi connectivity index (χ4v) is 5.78. The SMILES string of the molecule is CC(C)(C)OC(=O)N1CCc2cc(NC(=O)N3c4nc(-c5cccc(C(F)(F)F)c5)ccc4N4CC[C@H]3C4)ccc2C1. The number of nitrogens with zero attached hydrogens (tertiary/aromatic N) is 4. The van der Waals surface area contributed by atoms with Gasteiger partial charge in [-0.2, -0.15) is 13.2 Å². The van der Waals surface area contributed by atoms with Crippen LogP contribution < -0.4 is 15.1 Å². The number of carbonyl (C=O) groups excluding carboxylic acids is 2. The average molecular weight is 580 g/mol. The molecule has 0 saturated carbocycles. The number of fused-ring (bicyclic) bond motifs is 5. The van der Waals surface area contributed by atoms with Crippen molar-refractivity contribution in [3.05, 3.63) is 71.3 Å². The van der Waals surface area contributed by atoms with Crippen molar-refractivity contribution in [1.82, 2.24) is 9.88 Å². The van der Waals surface area contributed by atoms with Gasteiger partial charge in [0, 0.05) is 37.4 Å². The average Bonchev–Trinajstić information content (AvgIpc) is 3.35. The van der Waals surface area contributed by atoms with Gasteiger partial charge in [-0.15, -0.1) is 0 Å². The molecule has 4 heterocycles. The number of halogens is 3. The first-order valence-electron chi connectivity index (χ1n) is 14.0. The molecular weight excluding hydrogens is 547 g/mol. The summed E-state index contributed by atoms with van der Waals surface area (Å²) in [5.74, 6) is 0.433. The van der Waals surface area contributed by atoms with Crippen LogP contribution in [0.5, 0.6) is 0 Å². The number of carbonyl (C=O) groups is 2. The Kier molecular flexibility index (Phi) is 6.78. The molecule has 1 aromatic heterocycles. The van der Waals surface area contributed by atoms with Gasteiger partial charge in [-0.25, -0.2) is 14.6 Å². The number of anilines is 3. The molecule has 42 heavy (non-hydrogen) atoms. The molecule has 1 N–H and O–H groups in total. The van der Waals surface area contributed by atoms with Gasteiger partial charge in [0.05, 0.1) is 23.0 Å². The molecule has 0 aliphatic carbocycles. The summed E-state index contributed by atoms with van der Waals surface area (Å²) in [6, 6.07) is 13.8. The molecule has 1 saturated heterocycles. The molecule has 3 aromatic rings. The predicted octanol–water partition coefficient (Wildman–Crippen LogP) is 6.69. The Morgan fingerprint density at radius 2 is 1.81 bits per heavy atom. The molecule has 2 aromatic carbocycles. The first kappa shape index (κ1) is 27.9. The normalized spacial score (nSPS) is 18.0. The van der Waals surface area contributed by atoms with E-state index in [1.54, 1.807) is 21.9 Å². The smallest absolute Gasteiger partial charge is 0.416 e. The molecule has 0 radical (unpaired) electrons. The molecule has 1 fully saturated rings. The third-order valence-electron chi connectivity index (χ3n) is 7.78. The van der Waals surface area contributed by atoms with E-state index in [1.807, 2.05) is 45.0 Å². The molecule has 11 heteroatoms. The molecule has 3 aliphatic heterocycles. The number of urea groups is 1. The minimum Gasteiger partial charge on any atom is -0.444 e. The Bertz CT molecular complexity index is 1550. The molecule has 6 rings (SSSR count). The number of hydrogen-bond donors (Lipinski definition) is 1. The highest BCUT2D eigenvalue weighted by atomic mass is 19.4. The standard InChI is InChI=1S/C31H32F3N5O3/c1-30(2,3)42-29(41)38-13-11-19-16-23(8-7-21(19)17-38)35-28(40)39-24-12-14-37(18-24)26-10-9-25(36-27(26)39)20-5-4-6-22(15-20)31(32,33)34/h4-10,15-16,24H,11-14,17-18H2,1-3H3,(H,35,40)/t24-/m0/s1. The maximum Gasteiger partial charge on any atom is 0.416 e. The number of rotatable bonds is 2. The Morgan fingerprint density at radius 3 is 2.57 bits per heavy atom. The Labute approximate surface area is 242 Å². The minimum atomic E-state index is -4.47. The van der Waals surface area contributed by atoms with E-state index in [9.17, 15) is 22.8 Å². The Balaban J connectivity index is 1.23. The zero-order chi connectivity index (χ0) is 29.8. The summed E-state index contributed by atoms with van der Waals surface area (Å²) in [7, 11) is 0. The zero-order valence-electron chi connectivity index (χ0n) is 23.7. The van der Waals surface area contributed by atoms with E-state index in [-0.39, 0.29) is 18.2 Å². The zero-order valence-corrected chi connectivity index (χ0v) is 23.7. The van der Waals surface area contributed by atoms with Crippen LogP contribution in [-0.2, 0) is 23.9 Å². The highest BCUT2D eigenvalue weighted by molar-refractivity contribution is 6.04. The molecule has 3 aliphatic rings. The van der Waals surface area contributed by atoms with Crippen molar-refractivity contribution in [3.63, 3.8) is 0 Å². The Morgan fingerprint density at radius 1 is 1.00 bits per heavy atom. The molecule has 1 atom stereocenters. The van der Waals surface area contributed by atoms with Crippen molar-refractivity contribution >= 4 is 29.3 Å². The molecule has 0 unspecified atom stereocenters. The van der Waals surface area contributed by atoms with Crippen LogP contribution in [0.3, 0.4) is 0 Å². The van der Waals surface area contributed by atoms with Crippen LogP contribution >= 0.6 is 0 Å². The number of ether oxygens (including phenoxy) is 1. The maximum atomic E-state index is 13.7. The number of benzene rings is 2. The van der Waals surface area contributed by atoms with Gasteiger partial charge >= 0.3 is 18.3 Å². The van der Waals surface area contributed by atoms with Crippen molar-refractivity contribution in [2.24, 2.45) is 0 Å². The number of hydrogen-bond acceptors (Lipinski definition) is 5. The maximum absolute atomic E-state index is 13.7. The summed E-state index contributed by atoms with van der Waals surface area (Å²) in [5, 5.41) is 3.01. The second-order valence-corrected chi connectivity index (χ2v) is 11.9. The largest absolute Gasteiger partial charge is 0.444 e. The van der Waals surface area contributed by atoms with Crippen molar-refractivity contribution < 1.29 is 27.5 Å². The molecule has 3 amide bonds. The van der Waals surface area contributed by atoms with Gasteiger partial charge in [0.15, 0.2) is 5.82 Å². The fraction of sp³-hybridized carbons (Fsp3) is 0.387. The molecular formula is C31H32F3N5O3. The minimum absolute atomic E-state index is 0.109. The summed E-state index contributed by atoms with van der Waals surface area (Å²) < 4.78 is 45.6. The van der Waals surface area contributed by atoms with E-state index in [0.29, 0.717) is 48.8 Å². The van der Waals surface area contributed by atoms with E-state index >= 15 is 0 Å². The predicted molar refractivity (Wildman–Crippen MR) is 154 cm³/mol. The molecule has 220 valence electrons. The van der Waals surface area contributed by atoms with Crippen LogP contribution in [0, 0.1) is 0 Å². The molecule has 2 bridgehead atoms. The van der Waals surface area contributed by atoms with Gasteiger partial charge in [-0.3, -0.25) is 4.90 Å². The molecule has 8 nitrogen and oxygen atoms in total. The van der Waals surface area contributed by atoms with Crippen molar-refractivity contribution in [3.8, 4) is 11.3 Å². The van der Waals surface area contributed by atoms with Crippen molar-refractivity contribution in [2.75, 3.05) is 34.8 Å². The summed E-state index contributed by atoms with van der Waals surface area (Å²) in [6.45, 7) is 7.88. The lowest BCUT2D eigenvalue weighted by Crippen LogP contribution is -2.48. The number of amides is 3. The van der Waals surface area contributed by atoms with Crippen LogP contribution in [0.15, 0.2) is 54.6 Å². The van der Waals surface area contributed by atoms with E-state index in [4.69, 9.17) is 9.72 Å². The van der Waals surface area contributed by atoms with Crippen LogP contribution in [0.25, 0.3) is 11.3 Å². The van der Waals surface area contributed by atoms with Gasteiger partial charge < -0.3 is 19.9 Å². The second-order valence-electron chi connectivity index (χ2n) is 11.9. The van der Waals surface area contributed by atoms with Crippen LogP contribution in [0.2, 0.25) is 0 Å². The monoisotopic (exact) mass is 579 g/mol. The van der Waals surface area contributed by atoms with E-state index in [0.717, 1.165) is 41.9 Å². The van der Waals surface area contributed by atoms with E-state index in [1.165, 1.54) is 6.07 Å². The van der Waals surface area contributed by atoms with Gasteiger partial charge in [0.2, 0.25) is 0 Å². The van der Waals surface area contributed by atoms with E-state index in [2.05, 4.69) is 10.2 Å². The number of alkyl halides is 3. The highest BCUT2D eigenvalue weighted by Crippen LogP contribution is 2.41. The number of nitrogens with one attached hydrogen (secondary N) is 1. The van der Waals surface area contributed by atoms with Crippen LogP contribution in [0.1, 0.15) is 43.9 Å². The van der Waals surface area contributed by atoms with Gasteiger partial charge in [0.25, 0.3) is 0 Å². The van der Waals surface area contributed by atoms with Gasteiger partial charge in [-0.05, 0) is 81.1 Å². The summed E-state index contributed by atoms with van der Waals surface area (Å²) in [4.78, 5) is 36.5. The van der Waals surface area contributed by atoms with E-state index < -0.39 is 17.3 Å². The molecule has 0 spiro atoms. The lowest BCUT2D eigenvalue weighted by molar-refractivity contribution is -0.137. The number of aromatic nitrogens is 1. The Hall–Kier alpha value is -4.28. The van der Waals surface area contributed by atoms with Crippen molar-refractivity contribution in [2.45, 2.75) is 58.0 Å². The topological polar surface area (TPSA) is 78.0 Å². The fourth-order valence-electron chi connectivity index (χ4n) is 5.78. The third-order valence-corrected chi connectivity index (χ3v) is 7.78. The lowest BCUT2D eigenvalue weighted by Gasteiger charge is -2.36. The third kappa shape index (κ3) is 5.47.